The molecule has 2 aromatic heterocycles. The minimum Gasteiger partial charge on any atom is -0.385 e. The normalized spacial score (nSPS) is 12.2. The minimum absolute atomic E-state index is 0.239. The fourth-order valence-corrected chi connectivity index (χ4v) is 3.81. The van der Waals surface area contributed by atoms with Gasteiger partial charge in [0.15, 0.2) is 0 Å². The lowest BCUT2D eigenvalue weighted by atomic mass is 9.89. The standard InChI is InChI=1S/C16H23NOS2/c1-16(2,8-9-18-3)12-17-15(13-6-4-10-19-13)14-7-5-11-20-14/h4-7,10-11,15,17H,8-9,12H2,1-3H3. The van der Waals surface area contributed by atoms with Gasteiger partial charge in [0.1, 0.15) is 0 Å². The molecule has 0 bridgehead atoms. The summed E-state index contributed by atoms with van der Waals surface area (Å²) in [6.07, 6.45) is 1.07. The summed E-state index contributed by atoms with van der Waals surface area (Å²) < 4.78 is 5.21. The molecule has 4 heteroatoms. The number of methoxy groups -OCH3 is 1. The first kappa shape index (κ1) is 15.7. The van der Waals surface area contributed by atoms with E-state index in [1.165, 1.54) is 9.75 Å². The summed E-state index contributed by atoms with van der Waals surface area (Å²) in [5, 5.41) is 8.03. The van der Waals surface area contributed by atoms with Crippen LogP contribution >= 0.6 is 22.7 Å². The summed E-state index contributed by atoms with van der Waals surface area (Å²) >= 11 is 3.63. The quantitative estimate of drug-likeness (QED) is 0.772. The molecule has 0 aliphatic carbocycles. The summed E-state index contributed by atoms with van der Waals surface area (Å²) in [6.45, 7) is 6.38. The number of hydrogen-bond acceptors (Lipinski definition) is 4. The van der Waals surface area contributed by atoms with Crippen molar-refractivity contribution < 1.29 is 4.74 Å². The van der Waals surface area contributed by atoms with Crippen molar-refractivity contribution in [2.75, 3.05) is 20.3 Å². The Labute approximate surface area is 129 Å². The van der Waals surface area contributed by atoms with Crippen molar-refractivity contribution >= 4 is 22.7 Å². The van der Waals surface area contributed by atoms with Crippen LogP contribution in [0.5, 0.6) is 0 Å². The van der Waals surface area contributed by atoms with E-state index < -0.39 is 0 Å². The van der Waals surface area contributed by atoms with E-state index in [0.29, 0.717) is 6.04 Å². The van der Waals surface area contributed by atoms with Crippen LogP contribution in [0.25, 0.3) is 0 Å². The van der Waals surface area contributed by atoms with E-state index in [0.717, 1.165) is 19.6 Å². The Kier molecular flexibility index (Phi) is 5.78. The molecule has 0 atom stereocenters. The molecule has 1 N–H and O–H groups in total. The van der Waals surface area contributed by atoms with Crippen LogP contribution in [0, 0.1) is 5.41 Å². The van der Waals surface area contributed by atoms with Gasteiger partial charge < -0.3 is 10.1 Å². The van der Waals surface area contributed by atoms with Gasteiger partial charge in [0, 0.05) is 30.0 Å². The van der Waals surface area contributed by atoms with Crippen molar-refractivity contribution in [3.05, 3.63) is 44.8 Å². The van der Waals surface area contributed by atoms with Gasteiger partial charge in [-0.3, -0.25) is 0 Å². The van der Waals surface area contributed by atoms with Gasteiger partial charge in [-0.15, -0.1) is 22.7 Å². The van der Waals surface area contributed by atoms with Gasteiger partial charge in [-0.2, -0.15) is 0 Å². The Morgan fingerprint density at radius 3 is 2.20 bits per heavy atom. The van der Waals surface area contributed by atoms with Crippen molar-refractivity contribution in [2.45, 2.75) is 26.3 Å². The summed E-state index contributed by atoms with van der Waals surface area (Å²) in [5.41, 5.74) is 0.239. The molecule has 0 aromatic carbocycles. The van der Waals surface area contributed by atoms with E-state index in [2.05, 4.69) is 54.2 Å². The van der Waals surface area contributed by atoms with Gasteiger partial charge in [-0.1, -0.05) is 26.0 Å². The SMILES string of the molecule is COCCC(C)(C)CNC(c1cccs1)c1cccs1. The van der Waals surface area contributed by atoms with Crippen LogP contribution in [0.15, 0.2) is 35.0 Å². The molecule has 2 nitrogen and oxygen atoms in total. The first-order valence-corrected chi connectivity index (χ1v) is 8.67. The molecule has 2 rings (SSSR count). The maximum absolute atomic E-state index is 5.21. The first-order valence-electron chi connectivity index (χ1n) is 6.91. The Balaban J connectivity index is 2.02. The molecule has 0 fully saturated rings. The third-order valence-corrected chi connectivity index (χ3v) is 5.30. The Hall–Kier alpha value is -0.680. The number of nitrogens with one attached hydrogen (secondary N) is 1. The summed E-state index contributed by atoms with van der Waals surface area (Å²) in [7, 11) is 1.77. The molecule has 110 valence electrons. The van der Waals surface area contributed by atoms with Crippen molar-refractivity contribution in [3.63, 3.8) is 0 Å². The second-order valence-electron chi connectivity index (χ2n) is 5.75. The molecular weight excluding hydrogens is 286 g/mol. The zero-order chi connectivity index (χ0) is 14.4. The van der Waals surface area contributed by atoms with Crippen molar-refractivity contribution in [1.82, 2.24) is 5.32 Å². The molecule has 0 amide bonds. The Bertz CT molecular complexity index is 442. The van der Waals surface area contributed by atoms with Crippen molar-refractivity contribution in [2.24, 2.45) is 5.41 Å². The third-order valence-electron chi connectivity index (χ3n) is 3.42. The first-order chi connectivity index (χ1) is 9.62. The molecular formula is C16H23NOS2. The van der Waals surface area contributed by atoms with Crippen LogP contribution in [-0.2, 0) is 4.74 Å². The van der Waals surface area contributed by atoms with E-state index in [-0.39, 0.29) is 5.41 Å². The van der Waals surface area contributed by atoms with Gasteiger partial charge >= 0.3 is 0 Å². The van der Waals surface area contributed by atoms with E-state index >= 15 is 0 Å². The van der Waals surface area contributed by atoms with Gasteiger partial charge in [-0.25, -0.2) is 0 Å². The predicted molar refractivity (Wildman–Crippen MR) is 88.8 cm³/mol. The van der Waals surface area contributed by atoms with Crippen LogP contribution < -0.4 is 5.32 Å². The predicted octanol–water partition coefficient (Wildman–Crippen LogP) is 4.55. The molecule has 0 saturated heterocycles. The molecule has 0 spiro atoms. The number of hydrogen-bond donors (Lipinski definition) is 1. The summed E-state index contributed by atoms with van der Waals surface area (Å²) in [4.78, 5) is 2.77. The average Bonchev–Trinajstić information content (AvgIpc) is 3.09. The molecule has 0 saturated carbocycles. The second-order valence-corrected chi connectivity index (χ2v) is 7.71. The lowest BCUT2D eigenvalue weighted by molar-refractivity contribution is 0.150. The van der Waals surface area contributed by atoms with E-state index in [1.807, 2.05) is 22.7 Å². The molecule has 0 unspecified atom stereocenters. The van der Waals surface area contributed by atoms with Crippen molar-refractivity contribution in [3.8, 4) is 0 Å². The van der Waals surface area contributed by atoms with Gasteiger partial charge in [0.25, 0.3) is 0 Å². The maximum Gasteiger partial charge on any atom is 0.0765 e. The Morgan fingerprint density at radius 2 is 1.75 bits per heavy atom. The molecule has 0 aliphatic heterocycles. The van der Waals surface area contributed by atoms with Crippen LogP contribution in [0.3, 0.4) is 0 Å². The fraction of sp³-hybridized carbons (Fsp3) is 0.500. The molecule has 2 aromatic rings. The lowest BCUT2D eigenvalue weighted by Crippen LogP contribution is -2.33. The lowest BCUT2D eigenvalue weighted by Gasteiger charge is -2.27. The number of thiophene rings is 2. The van der Waals surface area contributed by atoms with Crippen molar-refractivity contribution in [1.29, 1.82) is 0 Å². The van der Waals surface area contributed by atoms with E-state index in [1.54, 1.807) is 7.11 Å². The molecule has 0 aliphatic rings. The third kappa shape index (κ3) is 4.42. The highest BCUT2D eigenvalue weighted by atomic mass is 32.1. The monoisotopic (exact) mass is 309 g/mol. The number of ether oxygens (including phenoxy) is 1. The fourth-order valence-electron chi connectivity index (χ4n) is 2.10. The van der Waals surface area contributed by atoms with Crippen LogP contribution in [0.4, 0.5) is 0 Å². The molecule has 0 radical (unpaired) electrons. The topological polar surface area (TPSA) is 21.3 Å². The zero-order valence-corrected chi connectivity index (χ0v) is 14.0. The highest BCUT2D eigenvalue weighted by Gasteiger charge is 2.22. The highest BCUT2D eigenvalue weighted by molar-refractivity contribution is 7.11. The average molecular weight is 310 g/mol. The largest absolute Gasteiger partial charge is 0.385 e. The maximum atomic E-state index is 5.21. The van der Waals surface area contributed by atoms with Crippen LogP contribution in [0.1, 0.15) is 36.1 Å². The van der Waals surface area contributed by atoms with Crippen LogP contribution in [0.2, 0.25) is 0 Å². The molecule has 20 heavy (non-hydrogen) atoms. The van der Waals surface area contributed by atoms with Gasteiger partial charge in [0.2, 0.25) is 0 Å². The second kappa shape index (κ2) is 7.36. The van der Waals surface area contributed by atoms with E-state index in [4.69, 9.17) is 4.74 Å². The Morgan fingerprint density at radius 1 is 1.15 bits per heavy atom. The van der Waals surface area contributed by atoms with E-state index in [9.17, 15) is 0 Å². The summed E-state index contributed by atoms with van der Waals surface area (Å²) in [5.74, 6) is 0. The van der Waals surface area contributed by atoms with Gasteiger partial charge in [-0.05, 0) is 34.7 Å². The summed E-state index contributed by atoms with van der Waals surface area (Å²) in [6, 6.07) is 8.99. The molecule has 2 heterocycles. The smallest absolute Gasteiger partial charge is 0.0765 e. The number of rotatable bonds is 8. The van der Waals surface area contributed by atoms with Crippen LogP contribution in [-0.4, -0.2) is 20.3 Å². The zero-order valence-electron chi connectivity index (χ0n) is 12.4. The minimum atomic E-state index is 0.239. The van der Waals surface area contributed by atoms with Gasteiger partial charge in [0.05, 0.1) is 6.04 Å². The highest BCUT2D eigenvalue weighted by Crippen LogP contribution is 2.30.